The molecular weight excluding hydrogens is 365 g/mol. The molecule has 1 saturated heterocycles. The third-order valence-corrected chi connectivity index (χ3v) is 4.47. The van der Waals surface area contributed by atoms with Crippen molar-refractivity contribution in [1.29, 1.82) is 0 Å². The first-order valence-electron chi connectivity index (χ1n) is 8.18. The Morgan fingerprint density at radius 2 is 1.88 bits per heavy atom. The number of hydrogen-bond acceptors (Lipinski definition) is 2. The van der Waals surface area contributed by atoms with Crippen molar-refractivity contribution in [2.45, 2.75) is 25.3 Å². The van der Waals surface area contributed by atoms with E-state index in [1.165, 1.54) is 18.2 Å². The van der Waals surface area contributed by atoms with Gasteiger partial charge in [-0.15, -0.1) is 12.4 Å². The SMILES string of the molecule is Cc1cc(F)cc(C(=O)NC2CNCCC2c2ccc(F)c(F)c2)c1.Cl. The van der Waals surface area contributed by atoms with Gasteiger partial charge in [-0.05, 0) is 61.3 Å². The molecule has 2 unspecified atom stereocenters. The van der Waals surface area contributed by atoms with Crippen LogP contribution in [0.15, 0.2) is 36.4 Å². The Labute approximate surface area is 156 Å². The largest absolute Gasteiger partial charge is 0.347 e. The second-order valence-corrected chi connectivity index (χ2v) is 6.37. The number of amides is 1. The molecule has 140 valence electrons. The Morgan fingerprint density at radius 3 is 2.58 bits per heavy atom. The summed E-state index contributed by atoms with van der Waals surface area (Å²) in [4.78, 5) is 12.5. The van der Waals surface area contributed by atoms with Crippen LogP contribution < -0.4 is 10.6 Å². The molecule has 0 saturated carbocycles. The first-order valence-corrected chi connectivity index (χ1v) is 8.18. The van der Waals surface area contributed by atoms with Crippen LogP contribution in [0.1, 0.15) is 33.8 Å². The highest BCUT2D eigenvalue weighted by atomic mass is 35.5. The number of carbonyl (C=O) groups excluding carboxylic acids is 1. The van der Waals surface area contributed by atoms with Crippen LogP contribution in [0.5, 0.6) is 0 Å². The monoisotopic (exact) mass is 384 g/mol. The van der Waals surface area contributed by atoms with Crippen molar-refractivity contribution in [3.63, 3.8) is 0 Å². The van der Waals surface area contributed by atoms with Crippen molar-refractivity contribution >= 4 is 18.3 Å². The van der Waals surface area contributed by atoms with E-state index >= 15 is 0 Å². The van der Waals surface area contributed by atoms with Gasteiger partial charge in [-0.1, -0.05) is 6.07 Å². The average Bonchev–Trinajstić information content (AvgIpc) is 2.57. The summed E-state index contributed by atoms with van der Waals surface area (Å²) in [6, 6.07) is 7.67. The topological polar surface area (TPSA) is 41.1 Å². The molecule has 0 aliphatic carbocycles. The normalized spacial score (nSPS) is 19.5. The van der Waals surface area contributed by atoms with Gasteiger partial charge in [0.25, 0.3) is 5.91 Å². The lowest BCUT2D eigenvalue weighted by atomic mass is 9.85. The van der Waals surface area contributed by atoms with E-state index in [2.05, 4.69) is 10.6 Å². The zero-order chi connectivity index (χ0) is 18.0. The number of benzene rings is 2. The molecule has 0 radical (unpaired) electrons. The molecule has 2 aromatic rings. The number of rotatable bonds is 3. The molecule has 7 heteroatoms. The minimum absolute atomic E-state index is 0. The van der Waals surface area contributed by atoms with E-state index in [1.807, 2.05) is 0 Å². The van der Waals surface area contributed by atoms with E-state index in [1.54, 1.807) is 19.1 Å². The molecule has 3 rings (SSSR count). The maximum absolute atomic E-state index is 13.6. The van der Waals surface area contributed by atoms with Gasteiger partial charge < -0.3 is 10.6 Å². The second-order valence-electron chi connectivity index (χ2n) is 6.37. The maximum atomic E-state index is 13.6. The van der Waals surface area contributed by atoms with Gasteiger partial charge in [-0.25, -0.2) is 13.2 Å². The van der Waals surface area contributed by atoms with Crippen LogP contribution in [-0.4, -0.2) is 25.0 Å². The highest BCUT2D eigenvalue weighted by Crippen LogP contribution is 2.27. The standard InChI is InChI=1S/C19H19F3N2O.ClH/c1-11-6-13(8-14(20)7-11)19(25)24-18-10-23-5-4-15(18)12-2-3-16(21)17(22)9-12;/h2-3,6-9,15,18,23H,4-5,10H2,1H3,(H,24,25);1H. The maximum Gasteiger partial charge on any atom is 0.251 e. The van der Waals surface area contributed by atoms with Crippen LogP contribution in [0.25, 0.3) is 0 Å². The lowest BCUT2D eigenvalue weighted by molar-refractivity contribution is 0.0924. The van der Waals surface area contributed by atoms with Gasteiger partial charge in [0.1, 0.15) is 5.82 Å². The Hall–Kier alpha value is -2.05. The smallest absolute Gasteiger partial charge is 0.251 e. The van der Waals surface area contributed by atoms with Crippen molar-refractivity contribution in [2.24, 2.45) is 0 Å². The van der Waals surface area contributed by atoms with Gasteiger partial charge in [-0.3, -0.25) is 4.79 Å². The van der Waals surface area contributed by atoms with Gasteiger partial charge in [0.05, 0.1) is 0 Å². The molecule has 0 spiro atoms. The number of nitrogens with one attached hydrogen (secondary N) is 2. The number of carbonyl (C=O) groups is 1. The zero-order valence-electron chi connectivity index (χ0n) is 14.2. The molecule has 2 aromatic carbocycles. The lowest BCUT2D eigenvalue weighted by Crippen LogP contribution is -2.50. The van der Waals surface area contributed by atoms with Crippen molar-refractivity contribution < 1.29 is 18.0 Å². The van der Waals surface area contributed by atoms with Crippen molar-refractivity contribution in [3.8, 4) is 0 Å². The quantitative estimate of drug-likeness (QED) is 0.847. The number of hydrogen-bond donors (Lipinski definition) is 2. The summed E-state index contributed by atoms with van der Waals surface area (Å²) in [6.45, 7) is 2.94. The van der Waals surface area contributed by atoms with Crippen LogP contribution in [0.3, 0.4) is 0 Å². The third-order valence-electron chi connectivity index (χ3n) is 4.47. The Balaban J connectivity index is 0.00000243. The summed E-state index contributed by atoms with van der Waals surface area (Å²) in [6.07, 6.45) is 0.679. The van der Waals surface area contributed by atoms with Crippen LogP contribution in [0.4, 0.5) is 13.2 Å². The summed E-state index contributed by atoms with van der Waals surface area (Å²) in [5, 5.41) is 6.07. The van der Waals surface area contributed by atoms with E-state index in [0.717, 1.165) is 12.6 Å². The highest BCUT2D eigenvalue weighted by molar-refractivity contribution is 5.94. The highest BCUT2D eigenvalue weighted by Gasteiger charge is 2.28. The number of halogens is 4. The third kappa shape index (κ3) is 4.56. The molecule has 3 nitrogen and oxygen atoms in total. The summed E-state index contributed by atoms with van der Waals surface area (Å²) in [5.74, 6) is -2.79. The summed E-state index contributed by atoms with van der Waals surface area (Å²) in [5.41, 5.74) is 1.54. The molecular formula is C19H20ClF3N2O. The Kier molecular flexibility index (Phi) is 6.67. The lowest BCUT2D eigenvalue weighted by Gasteiger charge is -2.33. The molecule has 0 aromatic heterocycles. The summed E-state index contributed by atoms with van der Waals surface area (Å²) >= 11 is 0. The van der Waals surface area contributed by atoms with Crippen LogP contribution in [-0.2, 0) is 0 Å². The van der Waals surface area contributed by atoms with E-state index < -0.39 is 17.5 Å². The fourth-order valence-corrected chi connectivity index (χ4v) is 3.27. The Morgan fingerprint density at radius 1 is 1.12 bits per heavy atom. The predicted octanol–water partition coefficient (Wildman–Crippen LogP) is 3.71. The molecule has 0 bridgehead atoms. The molecule has 1 heterocycles. The van der Waals surface area contributed by atoms with E-state index in [-0.39, 0.29) is 35.8 Å². The van der Waals surface area contributed by atoms with Crippen molar-refractivity contribution in [2.75, 3.05) is 13.1 Å². The predicted molar refractivity (Wildman–Crippen MR) is 96.2 cm³/mol. The van der Waals surface area contributed by atoms with E-state index in [4.69, 9.17) is 0 Å². The van der Waals surface area contributed by atoms with Crippen LogP contribution >= 0.6 is 12.4 Å². The van der Waals surface area contributed by atoms with E-state index in [0.29, 0.717) is 24.1 Å². The summed E-state index contributed by atoms with van der Waals surface area (Å²) < 4.78 is 40.3. The van der Waals surface area contributed by atoms with Crippen molar-refractivity contribution in [3.05, 3.63) is 70.5 Å². The van der Waals surface area contributed by atoms with Gasteiger partial charge in [0, 0.05) is 24.1 Å². The minimum atomic E-state index is -0.901. The first-order chi connectivity index (χ1) is 11.9. The van der Waals surface area contributed by atoms with E-state index in [9.17, 15) is 18.0 Å². The summed E-state index contributed by atoms with van der Waals surface area (Å²) in [7, 11) is 0. The second kappa shape index (κ2) is 8.56. The molecule has 2 atom stereocenters. The Bertz CT molecular complexity index is 780. The average molecular weight is 385 g/mol. The fourth-order valence-electron chi connectivity index (χ4n) is 3.27. The molecule has 1 amide bonds. The van der Waals surface area contributed by atoms with Crippen LogP contribution in [0.2, 0.25) is 0 Å². The minimum Gasteiger partial charge on any atom is -0.347 e. The number of aryl methyl sites for hydroxylation is 1. The number of piperidine rings is 1. The van der Waals surface area contributed by atoms with Crippen LogP contribution in [0, 0.1) is 24.4 Å². The van der Waals surface area contributed by atoms with Gasteiger partial charge in [0.15, 0.2) is 11.6 Å². The molecule has 2 N–H and O–H groups in total. The van der Waals surface area contributed by atoms with Crippen molar-refractivity contribution in [1.82, 2.24) is 10.6 Å². The molecule has 1 fully saturated rings. The first kappa shape index (κ1) is 20.3. The van der Waals surface area contributed by atoms with Gasteiger partial charge >= 0.3 is 0 Å². The fraction of sp³-hybridized carbons (Fsp3) is 0.316. The zero-order valence-corrected chi connectivity index (χ0v) is 15.0. The molecule has 1 aliphatic rings. The molecule has 1 aliphatic heterocycles. The van der Waals surface area contributed by atoms with Gasteiger partial charge in [0.2, 0.25) is 0 Å². The molecule has 26 heavy (non-hydrogen) atoms. The van der Waals surface area contributed by atoms with Gasteiger partial charge in [-0.2, -0.15) is 0 Å².